The summed E-state index contributed by atoms with van der Waals surface area (Å²) in [5.74, 6) is -5.34. The number of nitro benzene ring substituents is 2. The van der Waals surface area contributed by atoms with Crippen molar-refractivity contribution < 1.29 is 52.9 Å². The van der Waals surface area contributed by atoms with Crippen molar-refractivity contribution in [3.05, 3.63) is 78.9 Å². The van der Waals surface area contributed by atoms with Gasteiger partial charge < -0.3 is 16.6 Å². The Morgan fingerprint density at radius 3 is 1.71 bits per heavy atom. The third kappa shape index (κ3) is 7.37. The van der Waals surface area contributed by atoms with Crippen molar-refractivity contribution in [1.29, 1.82) is 0 Å². The highest BCUT2D eigenvalue weighted by molar-refractivity contribution is 8.93. The minimum absolute atomic E-state index is 0. The molecule has 0 spiro atoms. The van der Waals surface area contributed by atoms with Crippen LogP contribution in [-0.4, -0.2) is 73.2 Å². The van der Waals surface area contributed by atoms with Gasteiger partial charge in [-0.25, -0.2) is 9.59 Å². The third-order valence-electron chi connectivity index (χ3n) is 7.66. The number of halogens is 1. The fourth-order valence-electron chi connectivity index (χ4n) is 4.96. The number of hydrogen-bond donors (Lipinski definition) is 4. The Bertz CT molecular complexity index is 1840. The smallest absolute Gasteiger partial charge is 0.353 e. The number of nitrogens with zero attached hydrogens (tertiary/aromatic N) is 3. The number of carbonyl (C=O) groups excluding carboxylic acids is 8. The quantitative estimate of drug-likeness (QED) is 0.112. The number of carbonyl (C=O) groups is 8. The standard InChI is InChI=1S/C14H11N3O6.C8H3NO5.C6H10N2O2.BrH.H3N/c1-14(6-5-9(18)15-13(14)21)16-11(19)7-3-2-4-8(17(22)23)10(7)12(16)20;10-7-4-2-1-3-5(9(12)13)6(4)8(11)14-7;1-6(7)3-2-4(9)8-5(6)10;;/h2-4H,5-6H2,1H3,(H,15,18,21);1-3H;2-3,7H2,1H3,(H,8,9,10);1H;1H3/t14-;;6-;;/m1.1../s1. The number of ether oxygens (including phenoxy) is 1. The van der Waals surface area contributed by atoms with E-state index in [9.17, 15) is 58.6 Å². The predicted molar refractivity (Wildman–Crippen MR) is 168 cm³/mol. The van der Waals surface area contributed by atoms with Gasteiger partial charge in [-0.1, -0.05) is 12.1 Å². The summed E-state index contributed by atoms with van der Waals surface area (Å²) in [6, 6.07) is 7.53. The van der Waals surface area contributed by atoms with Crippen LogP contribution in [0.3, 0.4) is 0 Å². The lowest BCUT2D eigenvalue weighted by molar-refractivity contribution is -0.385. The van der Waals surface area contributed by atoms with Gasteiger partial charge in [0.05, 0.1) is 26.5 Å². The van der Waals surface area contributed by atoms with E-state index in [2.05, 4.69) is 15.4 Å². The van der Waals surface area contributed by atoms with Crippen LogP contribution < -0.4 is 22.5 Å². The molecule has 4 aliphatic rings. The van der Waals surface area contributed by atoms with Crippen molar-refractivity contribution >= 4 is 75.7 Å². The molecular formula is C28H28BrN7O13. The molecule has 4 heterocycles. The van der Waals surface area contributed by atoms with Crippen molar-refractivity contribution in [3.8, 4) is 0 Å². The largest absolute Gasteiger partial charge is 0.385 e. The number of nitrogens with one attached hydrogen (secondary N) is 2. The number of benzene rings is 2. The molecule has 21 heteroatoms. The van der Waals surface area contributed by atoms with Crippen LogP contribution in [-0.2, 0) is 23.9 Å². The van der Waals surface area contributed by atoms with Gasteiger partial charge in [-0.15, -0.1) is 17.0 Å². The zero-order valence-corrected chi connectivity index (χ0v) is 27.3. The number of nitro groups is 2. The van der Waals surface area contributed by atoms with E-state index in [1.54, 1.807) is 6.92 Å². The summed E-state index contributed by atoms with van der Waals surface area (Å²) in [7, 11) is 0. The van der Waals surface area contributed by atoms with Crippen LogP contribution in [0.1, 0.15) is 81.0 Å². The third-order valence-corrected chi connectivity index (χ3v) is 7.66. The first-order valence-corrected chi connectivity index (χ1v) is 13.6. The summed E-state index contributed by atoms with van der Waals surface area (Å²) in [4.78, 5) is 113. The van der Waals surface area contributed by atoms with Gasteiger partial charge in [0.25, 0.3) is 29.1 Å². The number of cyclic esters (lactones) is 2. The average Bonchev–Trinajstić information content (AvgIpc) is 3.45. The first-order valence-electron chi connectivity index (χ1n) is 13.6. The number of nitrogens with two attached hydrogens (primary N) is 1. The summed E-state index contributed by atoms with van der Waals surface area (Å²) < 4.78 is 4.24. The van der Waals surface area contributed by atoms with E-state index >= 15 is 0 Å². The van der Waals surface area contributed by atoms with E-state index in [1.807, 2.05) is 0 Å². The van der Waals surface area contributed by atoms with Gasteiger partial charge >= 0.3 is 11.9 Å². The van der Waals surface area contributed by atoms with Gasteiger partial charge in [-0.05, 0) is 38.8 Å². The number of imide groups is 3. The van der Waals surface area contributed by atoms with Gasteiger partial charge in [0.1, 0.15) is 11.1 Å². The van der Waals surface area contributed by atoms with Crippen LogP contribution in [0.25, 0.3) is 0 Å². The van der Waals surface area contributed by atoms with Crippen LogP contribution in [0.4, 0.5) is 11.4 Å². The summed E-state index contributed by atoms with van der Waals surface area (Å²) in [6.45, 7) is 2.98. The van der Waals surface area contributed by atoms with Gasteiger partial charge in [0, 0.05) is 25.0 Å². The maximum absolute atomic E-state index is 12.6. The maximum Gasteiger partial charge on any atom is 0.353 e. The Labute approximate surface area is 285 Å². The zero-order chi connectivity index (χ0) is 35.0. The Balaban J connectivity index is 0.000000274. The summed E-state index contributed by atoms with van der Waals surface area (Å²) in [6.07, 6.45) is 0.727. The number of hydrogen-bond acceptors (Lipinski definition) is 15. The molecule has 2 atom stereocenters. The van der Waals surface area contributed by atoms with Crippen LogP contribution in [0.5, 0.6) is 0 Å². The highest BCUT2D eigenvalue weighted by Crippen LogP contribution is 2.37. The Hall–Kier alpha value is -5.80. The molecule has 260 valence electrons. The molecule has 6 rings (SSSR count). The van der Waals surface area contributed by atoms with Gasteiger partial charge in [-0.3, -0.25) is 64.5 Å². The SMILES string of the molecule is Br.C[C@@]1(N)CCC(=O)NC1=O.C[C@@]1(N2C(=O)c3cccc([N+](=O)[O-])c3C2=O)CCC(=O)NC1=O.N.O=C1OC(=O)c2c1cccc2[N+](=O)[O-]. The van der Waals surface area contributed by atoms with E-state index in [1.165, 1.54) is 31.2 Å². The monoisotopic (exact) mass is 749 g/mol. The van der Waals surface area contributed by atoms with Crippen LogP contribution in [0, 0.1) is 20.2 Å². The van der Waals surface area contributed by atoms with Crippen molar-refractivity contribution in [3.63, 3.8) is 0 Å². The number of esters is 2. The van der Waals surface area contributed by atoms with Gasteiger partial charge in [-0.2, -0.15) is 0 Å². The molecule has 2 saturated heterocycles. The highest BCUT2D eigenvalue weighted by atomic mass is 79.9. The van der Waals surface area contributed by atoms with Crippen molar-refractivity contribution in [2.45, 2.75) is 50.6 Å². The molecule has 2 aromatic rings. The summed E-state index contributed by atoms with van der Waals surface area (Å²) in [5, 5.41) is 25.8. The molecule has 6 amide bonds. The number of fused-ring (bicyclic) bond motifs is 2. The van der Waals surface area contributed by atoms with Crippen LogP contribution >= 0.6 is 17.0 Å². The molecule has 20 nitrogen and oxygen atoms in total. The number of piperidine rings is 2. The zero-order valence-electron chi connectivity index (χ0n) is 25.6. The predicted octanol–water partition coefficient (Wildman–Crippen LogP) is 1.17. The summed E-state index contributed by atoms with van der Waals surface area (Å²) >= 11 is 0. The van der Waals surface area contributed by atoms with E-state index in [0.29, 0.717) is 17.7 Å². The van der Waals surface area contributed by atoms with Crippen LogP contribution in [0.2, 0.25) is 0 Å². The second-order valence-electron chi connectivity index (χ2n) is 11.0. The first-order chi connectivity index (χ1) is 21.9. The summed E-state index contributed by atoms with van der Waals surface area (Å²) in [5.41, 5.74) is 1.46. The van der Waals surface area contributed by atoms with Gasteiger partial charge in [0.2, 0.25) is 17.7 Å². The number of rotatable bonds is 3. The molecule has 2 fully saturated rings. The average molecular weight is 750 g/mol. The Morgan fingerprint density at radius 2 is 1.22 bits per heavy atom. The topological polar surface area (TPSA) is 320 Å². The first kappa shape index (κ1) is 39.4. The van der Waals surface area contributed by atoms with Gasteiger partial charge in [0.15, 0.2) is 5.56 Å². The molecule has 0 saturated carbocycles. The maximum atomic E-state index is 12.6. The normalized spacial score (nSPS) is 22.0. The van der Waals surface area contributed by atoms with Crippen molar-refractivity contribution in [2.24, 2.45) is 5.73 Å². The molecule has 0 bridgehead atoms. The molecule has 2 aromatic carbocycles. The second kappa shape index (κ2) is 14.5. The molecule has 0 unspecified atom stereocenters. The van der Waals surface area contributed by atoms with E-state index in [-0.39, 0.29) is 70.0 Å². The molecular weight excluding hydrogens is 722 g/mol. The lowest BCUT2D eigenvalue weighted by Crippen LogP contribution is -2.62. The fraction of sp³-hybridized carbons (Fsp3) is 0.286. The van der Waals surface area contributed by atoms with E-state index < -0.39 is 67.9 Å². The highest BCUT2D eigenvalue weighted by Gasteiger charge is 2.54. The van der Waals surface area contributed by atoms with E-state index in [4.69, 9.17) is 5.73 Å². The minimum atomic E-state index is -1.56. The fourth-order valence-corrected chi connectivity index (χ4v) is 4.96. The molecule has 7 N–H and O–H groups in total. The Morgan fingerprint density at radius 1 is 0.735 bits per heavy atom. The molecule has 4 aliphatic heterocycles. The van der Waals surface area contributed by atoms with E-state index in [0.717, 1.165) is 12.1 Å². The lowest BCUT2D eigenvalue weighted by Gasteiger charge is -2.37. The molecule has 0 radical (unpaired) electrons. The number of amides is 6. The lowest BCUT2D eigenvalue weighted by atomic mass is 9.89. The van der Waals surface area contributed by atoms with Crippen molar-refractivity contribution in [1.82, 2.24) is 21.7 Å². The molecule has 49 heavy (non-hydrogen) atoms. The Kier molecular flexibility index (Phi) is 11.7. The molecule has 0 aromatic heterocycles. The molecule has 0 aliphatic carbocycles. The minimum Gasteiger partial charge on any atom is -0.385 e. The second-order valence-corrected chi connectivity index (χ2v) is 11.0. The van der Waals surface area contributed by atoms with Crippen LogP contribution in [0.15, 0.2) is 36.4 Å². The van der Waals surface area contributed by atoms with Crippen molar-refractivity contribution in [2.75, 3.05) is 0 Å².